The number of sulfonamides is 1. The van der Waals surface area contributed by atoms with Gasteiger partial charge in [0, 0.05) is 18.2 Å². The van der Waals surface area contributed by atoms with Crippen LogP contribution in [0.5, 0.6) is 0 Å². The van der Waals surface area contributed by atoms with Gasteiger partial charge < -0.3 is 9.64 Å². The second kappa shape index (κ2) is 8.72. The Hall–Kier alpha value is -2.42. The summed E-state index contributed by atoms with van der Waals surface area (Å²) in [6.07, 6.45) is 5.40. The Morgan fingerprint density at radius 1 is 1.21 bits per heavy atom. The fourth-order valence-electron chi connectivity index (χ4n) is 3.70. The molecule has 1 saturated carbocycles. The van der Waals surface area contributed by atoms with Crippen LogP contribution in [0, 0.1) is 0 Å². The predicted molar refractivity (Wildman–Crippen MR) is 103 cm³/mol. The molecule has 1 fully saturated rings. The quantitative estimate of drug-likeness (QED) is 0.719. The molecule has 1 aromatic rings. The van der Waals surface area contributed by atoms with Gasteiger partial charge in [0.05, 0.1) is 4.90 Å². The van der Waals surface area contributed by atoms with E-state index in [1.54, 1.807) is 23.1 Å². The first kappa shape index (κ1) is 20.3. The van der Waals surface area contributed by atoms with E-state index in [9.17, 15) is 18.0 Å². The van der Waals surface area contributed by atoms with Gasteiger partial charge in [-0.3, -0.25) is 19.3 Å². The predicted octanol–water partition coefficient (Wildman–Crippen LogP) is 1.45. The molecule has 0 spiro atoms. The zero-order valence-corrected chi connectivity index (χ0v) is 16.7. The average Bonchev–Trinajstić information content (AvgIpc) is 2.97. The molecule has 0 saturated heterocycles. The number of hydrogen-bond acceptors (Lipinski definition) is 6. The number of nitrogens with one attached hydrogen (secondary N) is 1. The zero-order valence-electron chi connectivity index (χ0n) is 15.9. The monoisotopic (exact) mass is 407 g/mol. The Morgan fingerprint density at radius 2 is 1.93 bits per heavy atom. The summed E-state index contributed by atoms with van der Waals surface area (Å²) in [4.78, 5) is 30.3. The Labute approximate surface area is 165 Å². The minimum absolute atomic E-state index is 0.108. The average molecular weight is 407 g/mol. The molecule has 1 aliphatic carbocycles. The molecule has 0 atom stereocenters. The Bertz CT molecular complexity index is 875. The van der Waals surface area contributed by atoms with Gasteiger partial charge in [-0.2, -0.15) is 0 Å². The molecule has 1 aromatic carbocycles. The molecule has 1 N–H and O–H groups in total. The van der Waals surface area contributed by atoms with Gasteiger partial charge in [-0.05, 0) is 31.9 Å². The van der Waals surface area contributed by atoms with E-state index in [-0.39, 0.29) is 35.8 Å². The lowest BCUT2D eigenvalue weighted by atomic mass is 9.94. The highest BCUT2D eigenvalue weighted by Gasteiger charge is 2.30. The van der Waals surface area contributed by atoms with Crippen LogP contribution in [0.25, 0.3) is 0 Å². The molecule has 152 valence electrons. The summed E-state index contributed by atoms with van der Waals surface area (Å²) < 4.78 is 31.4. The third-order valence-electron chi connectivity index (χ3n) is 5.06. The van der Waals surface area contributed by atoms with Gasteiger partial charge in [-0.25, -0.2) is 8.42 Å². The molecule has 1 heterocycles. The molecule has 3 rings (SSSR count). The maximum absolute atomic E-state index is 12.4. The lowest BCUT2D eigenvalue weighted by Crippen LogP contribution is -2.43. The van der Waals surface area contributed by atoms with Gasteiger partial charge in [0.2, 0.25) is 0 Å². The van der Waals surface area contributed by atoms with Crippen molar-refractivity contribution in [1.29, 1.82) is 0 Å². The number of carbonyl (C=O) groups excluding carboxylic acids is 2. The summed E-state index contributed by atoms with van der Waals surface area (Å²) >= 11 is 0. The number of amidine groups is 1. The summed E-state index contributed by atoms with van der Waals surface area (Å²) in [7, 11) is -3.65. The third-order valence-corrected chi connectivity index (χ3v) is 6.46. The fraction of sp³-hybridized carbons (Fsp3) is 0.526. The molecule has 1 aliphatic heterocycles. The highest BCUT2D eigenvalue weighted by Crippen LogP contribution is 2.23. The smallest absolute Gasteiger partial charge is 0.328 e. The Balaban J connectivity index is 1.55. The molecular formula is C19H25N3O5S. The van der Waals surface area contributed by atoms with Crippen LogP contribution >= 0.6 is 0 Å². The molecule has 8 nitrogen and oxygen atoms in total. The van der Waals surface area contributed by atoms with Crippen LogP contribution in [0.4, 0.5) is 0 Å². The number of aliphatic imine (C=N–C) groups is 1. The third kappa shape index (κ3) is 4.52. The van der Waals surface area contributed by atoms with Crippen LogP contribution in [-0.2, 0) is 24.3 Å². The molecule has 28 heavy (non-hydrogen) atoms. The number of likely N-dealkylation sites (N-methyl/N-ethyl adjacent to an activating group) is 1. The van der Waals surface area contributed by atoms with Gasteiger partial charge in [0.15, 0.2) is 6.61 Å². The van der Waals surface area contributed by atoms with E-state index in [0.29, 0.717) is 12.1 Å². The second-order valence-electron chi connectivity index (χ2n) is 6.90. The molecule has 1 amide bonds. The summed E-state index contributed by atoms with van der Waals surface area (Å²) in [6, 6.07) is 6.62. The van der Waals surface area contributed by atoms with E-state index in [1.807, 2.05) is 6.92 Å². The first-order chi connectivity index (χ1) is 13.4. The van der Waals surface area contributed by atoms with Crippen molar-refractivity contribution in [2.24, 2.45) is 4.99 Å². The highest BCUT2D eigenvalue weighted by atomic mass is 32.2. The number of hydrogen-bond donors (Lipinski definition) is 1. The Kier molecular flexibility index (Phi) is 6.33. The van der Waals surface area contributed by atoms with E-state index in [4.69, 9.17) is 4.74 Å². The number of carbonyl (C=O) groups is 2. The van der Waals surface area contributed by atoms with E-state index in [0.717, 1.165) is 25.7 Å². The van der Waals surface area contributed by atoms with Crippen LogP contribution in [0.1, 0.15) is 44.6 Å². The van der Waals surface area contributed by atoms with Crippen LogP contribution in [0.2, 0.25) is 0 Å². The van der Waals surface area contributed by atoms with E-state index in [2.05, 4.69) is 9.71 Å². The van der Waals surface area contributed by atoms with Gasteiger partial charge in [-0.1, -0.05) is 31.4 Å². The summed E-state index contributed by atoms with van der Waals surface area (Å²) in [6.45, 7) is 1.82. The van der Waals surface area contributed by atoms with Crippen molar-refractivity contribution in [3.63, 3.8) is 0 Å². The first-order valence-electron chi connectivity index (χ1n) is 9.54. The van der Waals surface area contributed by atoms with E-state index >= 15 is 0 Å². The number of ether oxygens (including phenoxy) is 1. The largest absolute Gasteiger partial charge is 0.454 e. The van der Waals surface area contributed by atoms with Crippen molar-refractivity contribution in [1.82, 2.24) is 9.62 Å². The number of esters is 1. The van der Waals surface area contributed by atoms with Crippen molar-refractivity contribution >= 4 is 27.7 Å². The fourth-order valence-corrected chi connectivity index (χ4v) is 4.95. The summed E-state index contributed by atoms with van der Waals surface area (Å²) in [5.41, 5.74) is 0.417. The summed E-state index contributed by atoms with van der Waals surface area (Å²) in [5, 5.41) is 0. The minimum atomic E-state index is -3.65. The standard InChI is InChI=1S/C19H25N3O5S/c1-2-22(14-8-4-3-5-9-14)17(23)13-27-18(24)12-20-19-15-10-6-7-11-16(15)28(25,26)21-19/h6-7,10-11,14H,2-5,8-9,12-13H2,1H3,(H,20,21). The number of fused-ring (bicyclic) bond motifs is 1. The first-order valence-corrected chi connectivity index (χ1v) is 11.0. The molecule has 0 aromatic heterocycles. The maximum Gasteiger partial charge on any atom is 0.328 e. The van der Waals surface area contributed by atoms with E-state index < -0.39 is 16.0 Å². The van der Waals surface area contributed by atoms with Crippen molar-refractivity contribution in [3.05, 3.63) is 29.8 Å². The normalized spacial score (nSPS) is 19.7. The molecule has 0 unspecified atom stereocenters. The lowest BCUT2D eigenvalue weighted by molar-refractivity contribution is -0.152. The van der Waals surface area contributed by atoms with E-state index in [1.165, 1.54) is 12.5 Å². The molecule has 9 heteroatoms. The van der Waals surface area contributed by atoms with Crippen molar-refractivity contribution in [2.75, 3.05) is 19.7 Å². The zero-order chi connectivity index (χ0) is 20.1. The maximum atomic E-state index is 12.4. The van der Waals surface area contributed by atoms with Gasteiger partial charge in [-0.15, -0.1) is 0 Å². The Morgan fingerprint density at radius 3 is 2.64 bits per heavy atom. The highest BCUT2D eigenvalue weighted by molar-refractivity contribution is 7.90. The van der Waals surface area contributed by atoms with Gasteiger partial charge >= 0.3 is 5.97 Å². The number of amides is 1. The second-order valence-corrected chi connectivity index (χ2v) is 8.55. The topological polar surface area (TPSA) is 105 Å². The number of rotatable bonds is 6. The molecule has 0 bridgehead atoms. The van der Waals surface area contributed by atoms with Crippen LogP contribution in [-0.4, -0.2) is 56.8 Å². The van der Waals surface area contributed by atoms with Crippen LogP contribution in [0.3, 0.4) is 0 Å². The lowest BCUT2D eigenvalue weighted by Gasteiger charge is -2.33. The van der Waals surface area contributed by atoms with Crippen molar-refractivity contribution < 1.29 is 22.7 Å². The van der Waals surface area contributed by atoms with Gasteiger partial charge in [0.25, 0.3) is 15.9 Å². The molecule has 2 aliphatic rings. The number of nitrogens with zero attached hydrogens (tertiary/aromatic N) is 2. The number of benzene rings is 1. The summed E-state index contributed by atoms with van der Waals surface area (Å²) in [5.74, 6) is -0.775. The molecule has 0 radical (unpaired) electrons. The minimum Gasteiger partial charge on any atom is -0.454 e. The van der Waals surface area contributed by atoms with Crippen LogP contribution < -0.4 is 4.72 Å². The van der Waals surface area contributed by atoms with Crippen molar-refractivity contribution in [3.8, 4) is 0 Å². The van der Waals surface area contributed by atoms with Crippen LogP contribution in [0.15, 0.2) is 34.2 Å². The molecular weight excluding hydrogens is 382 g/mol. The SMILES string of the molecule is CCN(C(=O)COC(=O)CN=C1NS(=O)(=O)c2ccccc21)C1CCCCC1. The van der Waals surface area contributed by atoms with Gasteiger partial charge in [0.1, 0.15) is 12.4 Å². The van der Waals surface area contributed by atoms with Crippen molar-refractivity contribution in [2.45, 2.75) is 50.0 Å².